The summed E-state index contributed by atoms with van der Waals surface area (Å²) >= 11 is 0. The number of pyridine rings is 1. The van der Waals surface area contributed by atoms with Crippen LogP contribution in [0.25, 0.3) is 16.6 Å². The van der Waals surface area contributed by atoms with Crippen LogP contribution in [0.5, 0.6) is 0 Å². The van der Waals surface area contributed by atoms with Gasteiger partial charge in [0.2, 0.25) is 0 Å². The van der Waals surface area contributed by atoms with Crippen molar-refractivity contribution >= 4 is 16.8 Å². The summed E-state index contributed by atoms with van der Waals surface area (Å²) in [5.74, 6) is 0.307. The van der Waals surface area contributed by atoms with Crippen LogP contribution < -0.4 is 5.73 Å². The lowest BCUT2D eigenvalue weighted by atomic mass is 10.1. The van der Waals surface area contributed by atoms with Crippen LogP contribution in [0.1, 0.15) is 22.6 Å². The van der Waals surface area contributed by atoms with Gasteiger partial charge in [0.05, 0.1) is 16.9 Å². The second-order valence-electron chi connectivity index (χ2n) is 6.42. The van der Waals surface area contributed by atoms with E-state index in [0.29, 0.717) is 24.7 Å². The fraction of sp³-hybridized carbons (Fsp3) is 0.333. The van der Waals surface area contributed by atoms with E-state index in [4.69, 9.17) is 5.73 Å². The predicted molar refractivity (Wildman–Crippen MR) is 94.5 cm³/mol. The van der Waals surface area contributed by atoms with E-state index < -0.39 is 0 Å². The Morgan fingerprint density at radius 3 is 3.00 bits per heavy atom. The average Bonchev–Trinajstić information content (AvgIpc) is 3.27. The lowest BCUT2D eigenvalue weighted by Crippen LogP contribution is -2.30. The number of nitrogens with zero attached hydrogens (tertiary/aromatic N) is 5. The van der Waals surface area contributed by atoms with Crippen LogP contribution in [0, 0.1) is 12.8 Å². The van der Waals surface area contributed by atoms with Gasteiger partial charge in [0.1, 0.15) is 0 Å². The zero-order valence-corrected chi connectivity index (χ0v) is 14.1. The Morgan fingerprint density at radius 2 is 2.20 bits per heavy atom. The summed E-state index contributed by atoms with van der Waals surface area (Å²) in [6, 6.07) is 9.72. The van der Waals surface area contributed by atoms with Crippen molar-refractivity contribution in [3.05, 3.63) is 47.9 Å². The van der Waals surface area contributed by atoms with Crippen molar-refractivity contribution < 1.29 is 4.79 Å². The molecule has 0 radical (unpaired) electrons. The highest BCUT2D eigenvalue weighted by molar-refractivity contribution is 5.94. The van der Waals surface area contributed by atoms with Crippen LogP contribution in [0.4, 0.5) is 0 Å². The molecule has 1 atom stereocenters. The van der Waals surface area contributed by atoms with Gasteiger partial charge in [-0.2, -0.15) is 0 Å². The SMILES string of the molecule is Cc1c(C(=O)N2CC[C@@H](CN)C2)nnn1-c1cccc2ncccc12. The number of carbonyl (C=O) groups is 1. The standard InChI is InChI=1S/C18H20N6O/c1-12-17(18(25)23-9-7-13(10-19)11-23)21-22-24(12)16-6-2-5-15-14(16)4-3-8-20-15/h2-6,8,13H,7,9-11,19H2,1H3/t13-/m0/s1. The molecule has 0 saturated carbocycles. The summed E-state index contributed by atoms with van der Waals surface area (Å²) in [4.78, 5) is 19.0. The molecule has 2 N–H and O–H groups in total. The molecule has 0 aliphatic carbocycles. The zero-order valence-electron chi connectivity index (χ0n) is 14.1. The minimum absolute atomic E-state index is 0.0712. The van der Waals surface area contributed by atoms with Crippen LogP contribution >= 0.6 is 0 Å². The topological polar surface area (TPSA) is 89.9 Å². The zero-order chi connectivity index (χ0) is 17.4. The third kappa shape index (κ3) is 2.66. The number of likely N-dealkylation sites (tertiary alicyclic amines) is 1. The molecule has 1 fully saturated rings. The van der Waals surface area contributed by atoms with Gasteiger partial charge in [0.25, 0.3) is 5.91 Å². The van der Waals surface area contributed by atoms with E-state index in [1.807, 2.05) is 42.2 Å². The van der Waals surface area contributed by atoms with Crippen molar-refractivity contribution in [2.75, 3.05) is 19.6 Å². The van der Waals surface area contributed by atoms with Crippen LogP contribution in [-0.2, 0) is 0 Å². The molecule has 7 heteroatoms. The Kier molecular flexibility index (Phi) is 3.93. The molecule has 0 bridgehead atoms. The van der Waals surface area contributed by atoms with E-state index >= 15 is 0 Å². The minimum atomic E-state index is -0.0712. The van der Waals surface area contributed by atoms with Crippen LogP contribution in [0.15, 0.2) is 36.5 Å². The van der Waals surface area contributed by atoms with Crippen molar-refractivity contribution in [3.63, 3.8) is 0 Å². The third-order valence-corrected chi connectivity index (χ3v) is 4.85. The minimum Gasteiger partial charge on any atom is -0.337 e. The van der Waals surface area contributed by atoms with Gasteiger partial charge in [-0.15, -0.1) is 5.10 Å². The normalized spacial score (nSPS) is 17.4. The van der Waals surface area contributed by atoms with Gasteiger partial charge in [-0.3, -0.25) is 9.78 Å². The molecule has 0 unspecified atom stereocenters. The van der Waals surface area contributed by atoms with Gasteiger partial charge in [0.15, 0.2) is 5.69 Å². The molecule has 1 saturated heterocycles. The van der Waals surface area contributed by atoms with E-state index in [0.717, 1.165) is 35.2 Å². The molecule has 3 heterocycles. The quantitative estimate of drug-likeness (QED) is 0.783. The fourth-order valence-corrected chi connectivity index (χ4v) is 3.39. The Labute approximate surface area is 145 Å². The molecule has 1 aliphatic rings. The first-order valence-electron chi connectivity index (χ1n) is 8.45. The van der Waals surface area contributed by atoms with Crippen molar-refractivity contribution in [3.8, 4) is 5.69 Å². The number of nitrogens with two attached hydrogens (primary N) is 1. The van der Waals surface area contributed by atoms with Gasteiger partial charge in [0, 0.05) is 24.7 Å². The highest BCUT2D eigenvalue weighted by Gasteiger charge is 2.29. The number of hydrogen-bond donors (Lipinski definition) is 1. The van der Waals surface area contributed by atoms with Crippen LogP contribution in [0.2, 0.25) is 0 Å². The number of rotatable bonds is 3. The smallest absolute Gasteiger partial charge is 0.276 e. The van der Waals surface area contributed by atoms with Gasteiger partial charge in [-0.1, -0.05) is 11.3 Å². The molecule has 128 valence electrons. The predicted octanol–water partition coefficient (Wildman–Crippen LogP) is 1.54. The summed E-state index contributed by atoms with van der Waals surface area (Å²) in [5.41, 5.74) is 8.61. The Bertz CT molecular complexity index is 929. The Morgan fingerprint density at radius 1 is 1.32 bits per heavy atom. The highest BCUT2D eigenvalue weighted by Crippen LogP contribution is 2.23. The van der Waals surface area contributed by atoms with Gasteiger partial charge in [-0.25, -0.2) is 4.68 Å². The Balaban J connectivity index is 1.71. The maximum absolute atomic E-state index is 12.8. The van der Waals surface area contributed by atoms with E-state index in [1.165, 1.54) is 0 Å². The second kappa shape index (κ2) is 6.25. The molecule has 1 aromatic carbocycles. The molecule has 2 aromatic heterocycles. The monoisotopic (exact) mass is 336 g/mol. The molecular weight excluding hydrogens is 316 g/mol. The summed E-state index contributed by atoms with van der Waals surface area (Å²) in [6.45, 7) is 3.91. The molecule has 7 nitrogen and oxygen atoms in total. The summed E-state index contributed by atoms with van der Waals surface area (Å²) < 4.78 is 1.72. The highest BCUT2D eigenvalue weighted by atomic mass is 16.2. The number of benzene rings is 1. The molecule has 3 aromatic rings. The lowest BCUT2D eigenvalue weighted by Gasteiger charge is -2.15. The van der Waals surface area contributed by atoms with Crippen molar-refractivity contribution in [2.24, 2.45) is 11.7 Å². The summed E-state index contributed by atoms with van der Waals surface area (Å²) in [7, 11) is 0. The molecule has 1 aliphatic heterocycles. The molecule has 0 spiro atoms. The first kappa shape index (κ1) is 15.7. The first-order chi connectivity index (χ1) is 12.2. The van der Waals surface area contributed by atoms with Gasteiger partial charge in [-0.05, 0) is 50.1 Å². The van der Waals surface area contributed by atoms with Crippen molar-refractivity contribution in [2.45, 2.75) is 13.3 Å². The van der Waals surface area contributed by atoms with E-state index in [2.05, 4.69) is 15.3 Å². The van der Waals surface area contributed by atoms with Crippen LogP contribution in [-0.4, -0.2) is 50.4 Å². The molecule has 4 rings (SSSR count). The average molecular weight is 336 g/mol. The van der Waals surface area contributed by atoms with Crippen molar-refractivity contribution in [1.82, 2.24) is 24.9 Å². The maximum atomic E-state index is 12.8. The van der Waals surface area contributed by atoms with Crippen LogP contribution in [0.3, 0.4) is 0 Å². The van der Waals surface area contributed by atoms with E-state index in [1.54, 1.807) is 10.9 Å². The number of hydrogen-bond acceptors (Lipinski definition) is 5. The molecule has 1 amide bonds. The van der Waals surface area contributed by atoms with Gasteiger partial charge < -0.3 is 10.6 Å². The number of fused-ring (bicyclic) bond motifs is 1. The lowest BCUT2D eigenvalue weighted by molar-refractivity contribution is 0.0781. The number of carbonyl (C=O) groups excluding carboxylic acids is 1. The summed E-state index contributed by atoms with van der Waals surface area (Å²) in [5, 5.41) is 9.37. The van der Waals surface area contributed by atoms with E-state index in [9.17, 15) is 4.79 Å². The fourth-order valence-electron chi connectivity index (χ4n) is 3.39. The first-order valence-corrected chi connectivity index (χ1v) is 8.45. The third-order valence-electron chi connectivity index (χ3n) is 4.85. The summed E-state index contributed by atoms with van der Waals surface area (Å²) in [6.07, 6.45) is 2.71. The Hall–Kier alpha value is -2.80. The second-order valence-corrected chi connectivity index (χ2v) is 6.42. The number of amides is 1. The molecule has 25 heavy (non-hydrogen) atoms. The molecular formula is C18H20N6O. The van der Waals surface area contributed by atoms with Gasteiger partial charge >= 0.3 is 0 Å². The van der Waals surface area contributed by atoms with Crippen molar-refractivity contribution in [1.29, 1.82) is 0 Å². The van der Waals surface area contributed by atoms with E-state index in [-0.39, 0.29) is 5.91 Å². The number of aromatic nitrogens is 4. The maximum Gasteiger partial charge on any atom is 0.276 e. The largest absolute Gasteiger partial charge is 0.337 e.